The van der Waals surface area contributed by atoms with Crippen molar-refractivity contribution >= 4 is 22.8 Å². The van der Waals surface area contributed by atoms with E-state index in [9.17, 15) is 18.8 Å². The molecule has 1 amide bonds. The second-order valence-corrected chi connectivity index (χ2v) is 9.77. The van der Waals surface area contributed by atoms with Gasteiger partial charge in [0.15, 0.2) is 5.60 Å². The van der Waals surface area contributed by atoms with Crippen LogP contribution in [-0.2, 0) is 44.2 Å². The number of hydrogen-bond donors (Lipinski definition) is 1. The van der Waals surface area contributed by atoms with Gasteiger partial charge >= 0.3 is 5.97 Å². The average molecular weight is 492 g/mol. The second kappa shape index (κ2) is 7.70. The number of hydrogen-bond acceptors (Lipinski definition) is 6. The van der Waals surface area contributed by atoms with Gasteiger partial charge in [0.25, 0.3) is 5.56 Å². The number of rotatable bonds is 3. The quantitative estimate of drug-likeness (QED) is 0.442. The largest absolute Gasteiger partial charge is 0.458 e. The minimum Gasteiger partial charge on any atom is -0.458 e. The van der Waals surface area contributed by atoms with Crippen LogP contribution in [0.1, 0.15) is 66.1 Å². The highest BCUT2D eigenvalue weighted by atomic mass is 19.1. The number of nitrogens with zero attached hydrogens (tertiary/aromatic N) is 2. The lowest BCUT2D eigenvalue weighted by atomic mass is 9.81. The summed E-state index contributed by atoms with van der Waals surface area (Å²) in [6, 6.07) is 2.94. The molecule has 2 atom stereocenters. The lowest BCUT2D eigenvalue weighted by molar-refractivity contribution is -0.176. The maximum atomic E-state index is 14.9. The molecule has 1 aliphatic carbocycles. The zero-order chi connectivity index (χ0) is 25.5. The summed E-state index contributed by atoms with van der Waals surface area (Å²) in [5.41, 5.74) is 4.00. The molecule has 9 heteroatoms. The van der Waals surface area contributed by atoms with E-state index in [2.05, 4.69) is 5.32 Å². The molecule has 2 aliphatic heterocycles. The van der Waals surface area contributed by atoms with Crippen LogP contribution in [0.3, 0.4) is 0 Å². The second-order valence-electron chi connectivity index (χ2n) is 9.77. The van der Waals surface area contributed by atoms with Crippen molar-refractivity contribution in [2.75, 3.05) is 7.11 Å². The highest BCUT2D eigenvalue weighted by molar-refractivity contribution is 5.93. The average Bonchev–Trinajstić information content (AvgIpc) is 3.22. The van der Waals surface area contributed by atoms with Crippen LogP contribution in [0.2, 0.25) is 0 Å². The van der Waals surface area contributed by atoms with Crippen molar-refractivity contribution in [1.82, 2.24) is 14.9 Å². The lowest BCUT2D eigenvalue weighted by Crippen LogP contribution is -2.45. The Morgan fingerprint density at radius 2 is 2.08 bits per heavy atom. The summed E-state index contributed by atoms with van der Waals surface area (Å²) in [5.74, 6) is -1.02. The molecule has 2 aromatic heterocycles. The summed E-state index contributed by atoms with van der Waals surface area (Å²) in [4.78, 5) is 43.4. The highest BCUT2D eigenvalue weighted by Crippen LogP contribution is 2.46. The third-order valence-electron chi connectivity index (χ3n) is 8.07. The summed E-state index contributed by atoms with van der Waals surface area (Å²) in [7, 11) is 1.43. The number of pyridine rings is 2. The Labute approximate surface area is 206 Å². The first kappa shape index (κ1) is 22.8. The number of benzene rings is 1. The van der Waals surface area contributed by atoms with Gasteiger partial charge < -0.3 is 19.4 Å². The van der Waals surface area contributed by atoms with Gasteiger partial charge in [-0.15, -0.1) is 0 Å². The highest BCUT2D eigenvalue weighted by Gasteiger charge is 2.47. The van der Waals surface area contributed by atoms with Crippen molar-refractivity contribution in [2.24, 2.45) is 0 Å². The van der Waals surface area contributed by atoms with E-state index in [0.29, 0.717) is 52.9 Å². The molecule has 0 radical (unpaired) electrons. The third kappa shape index (κ3) is 2.83. The molecule has 0 spiro atoms. The number of carbonyl (C=O) groups is 2. The first-order valence-corrected chi connectivity index (χ1v) is 12.1. The number of halogens is 1. The predicted molar refractivity (Wildman–Crippen MR) is 129 cm³/mol. The van der Waals surface area contributed by atoms with Gasteiger partial charge in [-0.1, -0.05) is 6.92 Å². The molecular weight excluding hydrogens is 465 g/mol. The molecule has 3 aliphatic rings. The molecule has 2 unspecified atom stereocenters. The van der Waals surface area contributed by atoms with Gasteiger partial charge in [-0.05, 0) is 48.9 Å². The summed E-state index contributed by atoms with van der Waals surface area (Å²) < 4.78 is 27.5. The number of fused-ring (bicyclic) bond motifs is 5. The van der Waals surface area contributed by atoms with Gasteiger partial charge in [-0.3, -0.25) is 9.59 Å². The Balaban J connectivity index is 1.68. The van der Waals surface area contributed by atoms with Crippen LogP contribution in [0.15, 0.2) is 16.9 Å². The number of cyclic esters (lactones) is 1. The topological polar surface area (TPSA) is 99.5 Å². The van der Waals surface area contributed by atoms with Crippen molar-refractivity contribution < 1.29 is 23.5 Å². The minimum atomic E-state index is -1.38. The maximum Gasteiger partial charge on any atom is 0.343 e. The van der Waals surface area contributed by atoms with E-state index >= 15 is 0 Å². The smallest absolute Gasteiger partial charge is 0.343 e. The first-order valence-electron chi connectivity index (χ1n) is 12.1. The predicted octanol–water partition coefficient (Wildman–Crippen LogP) is 3.30. The van der Waals surface area contributed by atoms with Crippen molar-refractivity contribution in [3.63, 3.8) is 0 Å². The summed E-state index contributed by atoms with van der Waals surface area (Å²) in [5, 5.41) is 3.90. The molecule has 0 saturated heterocycles. The number of aromatic nitrogens is 2. The van der Waals surface area contributed by atoms with Crippen molar-refractivity contribution in [3.8, 4) is 11.4 Å². The van der Waals surface area contributed by atoms with E-state index in [1.165, 1.54) is 20.1 Å². The maximum absolute atomic E-state index is 14.9. The molecule has 0 saturated carbocycles. The molecule has 4 heterocycles. The molecule has 3 aromatic rings. The van der Waals surface area contributed by atoms with Gasteiger partial charge in [0.05, 0.1) is 35.1 Å². The zero-order valence-corrected chi connectivity index (χ0v) is 20.6. The number of ether oxygens (including phenoxy) is 2. The SMILES string of the molecule is CCC1(OC)C(=O)OCc2c1cc1n(c2=O)Cc2c-1nc1cc(F)c(C)c3c1c2C(NC(C)=O)CC3. The Hall–Kier alpha value is -3.59. The standard InChI is InChI=1S/C27H26FN3O5/c1-5-27(35-4)17-8-21-24-15(10-31(21)25(33)16(17)11-36-26(27)34)23-19(29-13(3)32)7-6-14-12(2)18(28)9-20(30-24)22(14)23/h8-9,19H,5-7,10-11H2,1-4H3,(H,29,32). The number of amides is 1. The molecule has 1 aromatic carbocycles. The number of aryl methyl sites for hydroxylation is 1. The number of methoxy groups -OCH3 is 1. The van der Waals surface area contributed by atoms with E-state index in [1.54, 1.807) is 24.5 Å². The van der Waals surface area contributed by atoms with Crippen LogP contribution in [0, 0.1) is 12.7 Å². The van der Waals surface area contributed by atoms with E-state index in [0.717, 1.165) is 22.1 Å². The fraction of sp³-hybridized carbons (Fsp3) is 0.407. The van der Waals surface area contributed by atoms with E-state index in [1.807, 2.05) is 0 Å². The van der Waals surface area contributed by atoms with E-state index in [4.69, 9.17) is 14.5 Å². The molecule has 186 valence electrons. The molecule has 1 N–H and O–H groups in total. The Bertz CT molecular complexity index is 1570. The number of esters is 1. The monoisotopic (exact) mass is 491 g/mol. The van der Waals surface area contributed by atoms with Crippen LogP contribution in [0.25, 0.3) is 22.3 Å². The summed E-state index contributed by atoms with van der Waals surface area (Å²) in [6.07, 6.45) is 1.53. The molecule has 8 nitrogen and oxygen atoms in total. The summed E-state index contributed by atoms with van der Waals surface area (Å²) >= 11 is 0. The third-order valence-corrected chi connectivity index (χ3v) is 8.07. The molecule has 0 bridgehead atoms. The Morgan fingerprint density at radius 3 is 2.78 bits per heavy atom. The molecular formula is C27H26FN3O5. The first-order chi connectivity index (χ1) is 17.2. The van der Waals surface area contributed by atoms with Gasteiger partial charge in [0, 0.05) is 36.6 Å². The van der Waals surface area contributed by atoms with Crippen LogP contribution in [0.5, 0.6) is 0 Å². The number of nitrogens with one attached hydrogen (secondary N) is 1. The van der Waals surface area contributed by atoms with Gasteiger partial charge in [0.1, 0.15) is 12.4 Å². The van der Waals surface area contributed by atoms with Crippen LogP contribution in [0.4, 0.5) is 4.39 Å². The van der Waals surface area contributed by atoms with Gasteiger partial charge in [-0.25, -0.2) is 14.2 Å². The summed E-state index contributed by atoms with van der Waals surface area (Å²) in [6.45, 7) is 5.18. The molecule has 6 rings (SSSR count). The van der Waals surface area contributed by atoms with Crippen LogP contribution in [-0.4, -0.2) is 28.5 Å². The fourth-order valence-electron chi connectivity index (χ4n) is 6.27. The minimum absolute atomic E-state index is 0.125. The molecule has 0 fully saturated rings. The lowest BCUT2D eigenvalue weighted by Gasteiger charge is -2.35. The fourth-order valence-corrected chi connectivity index (χ4v) is 6.27. The Kier molecular flexibility index (Phi) is 4.89. The van der Waals surface area contributed by atoms with Crippen LogP contribution >= 0.6 is 0 Å². The normalized spacial score (nSPS) is 21.6. The van der Waals surface area contributed by atoms with Gasteiger partial charge in [-0.2, -0.15) is 0 Å². The van der Waals surface area contributed by atoms with E-state index in [-0.39, 0.29) is 36.5 Å². The molecule has 36 heavy (non-hydrogen) atoms. The van der Waals surface area contributed by atoms with Crippen molar-refractivity contribution in [3.05, 3.63) is 61.7 Å². The van der Waals surface area contributed by atoms with Crippen LogP contribution < -0.4 is 10.9 Å². The van der Waals surface area contributed by atoms with Crippen molar-refractivity contribution in [2.45, 2.75) is 64.8 Å². The van der Waals surface area contributed by atoms with Crippen molar-refractivity contribution in [1.29, 1.82) is 0 Å². The van der Waals surface area contributed by atoms with Gasteiger partial charge in [0.2, 0.25) is 5.91 Å². The number of carbonyl (C=O) groups excluding carboxylic acids is 2. The zero-order valence-electron chi connectivity index (χ0n) is 20.6. The van der Waals surface area contributed by atoms with E-state index < -0.39 is 11.6 Å². The Morgan fingerprint density at radius 1 is 1.31 bits per heavy atom.